The van der Waals surface area contributed by atoms with Gasteiger partial charge in [0, 0.05) is 26.1 Å². The number of guanidine groups is 1. The Morgan fingerprint density at radius 1 is 1.15 bits per heavy atom. The molecule has 26 heavy (non-hydrogen) atoms. The highest BCUT2D eigenvalue weighted by molar-refractivity contribution is 14.0. The van der Waals surface area contributed by atoms with Crippen molar-refractivity contribution in [3.05, 3.63) is 35.9 Å². The molecule has 1 aromatic rings. The Labute approximate surface area is 176 Å². The summed E-state index contributed by atoms with van der Waals surface area (Å²) in [6.07, 6.45) is 1.32. The quantitative estimate of drug-likeness (QED) is 0.260. The van der Waals surface area contributed by atoms with E-state index < -0.39 is 6.10 Å². The number of hydrogen-bond donors (Lipinski definition) is 3. The molecule has 6 heteroatoms. The zero-order valence-corrected chi connectivity index (χ0v) is 18.9. The van der Waals surface area contributed by atoms with Gasteiger partial charge in [-0.05, 0) is 31.7 Å². The highest BCUT2D eigenvalue weighted by Crippen LogP contribution is 2.10. The third-order valence-electron chi connectivity index (χ3n) is 3.96. The lowest BCUT2D eigenvalue weighted by atomic mass is 10.0. The topological polar surface area (TPSA) is 65.9 Å². The lowest BCUT2D eigenvalue weighted by molar-refractivity contribution is 0.0258. The average Bonchev–Trinajstić information content (AvgIpc) is 2.59. The summed E-state index contributed by atoms with van der Waals surface area (Å²) in [5.41, 5.74) is 1.12. The minimum Gasteiger partial charge on any atom is -0.391 e. The molecule has 0 aliphatic carbocycles. The van der Waals surface area contributed by atoms with Crippen LogP contribution in [-0.4, -0.2) is 49.5 Å². The van der Waals surface area contributed by atoms with Gasteiger partial charge in [0.1, 0.15) is 0 Å². The van der Waals surface area contributed by atoms with Crippen molar-refractivity contribution in [2.24, 2.45) is 10.9 Å². The van der Waals surface area contributed by atoms with Crippen molar-refractivity contribution in [1.82, 2.24) is 10.6 Å². The van der Waals surface area contributed by atoms with Gasteiger partial charge in [-0.25, -0.2) is 0 Å². The second kappa shape index (κ2) is 15.2. The Balaban J connectivity index is 0.00000625. The molecule has 5 nitrogen and oxygen atoms in total. The molecule has 0 aromatic heterocycles. The summed E-state index contributed by atoms with van der Waals surface area (Å²) in [6, 6.07) is 10.0. The second-order valence-electron chi connectivity index (χ2n) is 6.52. The first-order chi connectivity index (χ1) is 12.1. The molecule has 0 fully saturated rings. The van der Waals surface area contributed by atoms with Crippen LogP contribution in [0.3, 0.4) is 0 Å². The molecule has 0 bridgehead atoms. The second-order valence-corrected chi connectivity index (χ2v) is 6.52. The normalized spacial score (nSPS) is 13.8. The number of aliphatic hydroxyl groups is 1. The van der Waals surface area contributed by atoms with E-state index in [4.69, 9.17) is 4.74 Å². The predicted octanol–water partition coefficient (Wildman–Crippen LogP) is 3.21. The Morgan fingerprint density at radius 3 is 2.42 bits per heavy atom. The predicted molar refractivity (Wildman–Crippen MR) is 120 cm³/mol. The lowest BCUT2D eigenvalue weighted by Crippen LogP contribution is -2.40. The maximum Gasteiger partial charge on any atom is 0.191 e. The van der Waals surface area contributed by atoms with Gasteiger partial charge in [-0.1, -0.05) is 44.2 Å². The Morgan fingerprint density at radius 2 is 1.85 bits per heavy atom. The molecule has 2 unspecified atom stereocenters. The molecule has 3 N–H and O–H groups in total. The van der Waals surface area contributed by atoms with Crippen LogP contribution in [0.15, 0.2) is 35.3 Å². The number of nitrogens with zero attached hydrogens (tertiary/aromatic N) is 1. The third-order valence-corrected chi connectivity index (χ3v) is 3.96. The monoisotopic (exact) mass is 477 g/mol. The number of nitrogens with one attached hydrogen (secondary N) is 2. The van der Waals surface area contributed by atoms with E-state index in [1.54, 1.807) is 0 Å². The van der Waals surface area contributed by atoms with Crippen LogP contribution in [0.5, 0.6) is 0 Å². The van der Waals surface area contributed by atoms with Gasteiger partial charge in [-0.3, -0.25) is 4.99 Å². The van der Waals surface area contributed by atoms with E-state index in [0.29, 0.717) is 18.9 Å². The first-order valence-electron chi connectivity index (χ1n) is 9.42. The molecule has 0 amide bonds. The molecule has 0 saturated carbocycles. The number of ether oxygens (including phenoxy) is 1. The van der Waals surface area contributed by atoms with E-state index >= 15 is 0 Å². The number of halogens is 1. The lowest BCUT2D eigenvalue weighted by Gasteiger charge is -2.21. The van der Waals surface area contributed by atoms with Gasteiger partial charge in [0.2, 0.25) is 0 Å². The molecule has 1 aromatic carbocycles. The number of aliphatic hydroxyl groups excluding tert-OH is 1. The molecule has 2 atom stereocenters. The van der Waals surface area contributed by atoms with Gasteiger partial charge in [0.05, 0.1) is 18.8 Å². The Hall–Kier alpha value is -0.860. The molecule has 150 valence electrons. The number of benzene rings is 1. The number of rotatable bonds is 11. The van der Waals surface area contributed by atoms with Crippen molar-refractivity contribution in [1.29, 1.82) is 0 Å². The molecule has 0 saturated heterocycles. The van der Waals surface area contributed by atoms with E-state index in [2.05, 4.69) is 29.5 Å². The van der Waals surface area contributed by atoms with Gasteiger partial charge < -0.3 is 20.5 Å². The van der Waals surface area contributed by atoms with Gasteiger partial charge in [-0.15, -0.1) is 24.0 Å². The largest absolute Gasteiger partial charge is 0.391 e. The zero-order chi connectivity index (χ0) is 18.5. The van der Waals surface area contributed by atoms with E-state index in [1.807, 2.05) is 44.2 Å². The van der Waals surface area contributed by atoms with Crippen LogP contribution in [0, 0.1) is 5.92 Å². The fourth-order valence-electron chi connectivity index (χ4n) is 2.65. The zero-order valence-electron chi connectivity index (χ0n) is 16.6. The fourth-order valence-corrected chi connectivity index (χ4v) is 2.65. The molecular weight excluding hydrogens is 441 g/mol. The van der Waals surface area contributed by atoms with Crippen LogP contribution in [0.4, 0.5) is 0 Å². The molecule has 0 aliphatic rings. The van der Waals surface area contributed by atoms with E-state index in [-0.39, 0.29) is 30.1 Å². The van der Waals surface area contributed by atoms with Crippen molar-refractivity contribution in [2.45, 2.75) is 52.7 Å². The van der Waals surface area contributed by atoms with Crippen molar-refractivity contribution < 1.29 is 9.84 Å². The van der Waals surface area contributed by atoms with Crippen LogP contribution in [-0.2, 0) is 11.2 Å². The molecule has 0 aliphatic heterocycles. The summed E-state index contributed by atoms with van der Waals surface area (Å²) in [6.45, 7) is 11.1. The van der Waals surface area contributed by atoms with E-state index in [1.165, 1.54) is 0 Å². The van der Waals surface area contributed by atoms with Crippen molar-refractivity contribution in [3.63, 3.8) is 0 Å². The van der Waals surface area contributed by atoms with Crippen molar-refractivity contribution >= 4 is 29.9 Å². The van der Waals surface area contributed by atoms with E-state index in [9.17, 15) is 5.11 Å². The van der Waals surface area contributed by atoms with Gasteiger partial charge in [0.25, 0.3) is 0 Å². The summed E-state index contributed by atoms with van der Waals surface area (Å²) >= 11 is 0. The highest BCUT2D eigenvalue weighted by atomic mass is 127. The maximum absolute atomic E-state index is 10.2. The van der Waals surface area contributed by atoms with E-state index in [0.717, 1.165) is 37.6 Å². The summed E-state index contributed by atoms with van der Waals surface area (Å²) in [5, 5.41) is 16.7. The molecule has 0 radical (unpaired) electrons. The molecule has 0 heterocycles. The summed E-state index contributed by atoms with van der Waals surface area (Å²) < 4.78 is 5.77. The smallest absolute Gasteiger partial charge is 0.191 e. The van der Waals surface area contributed by atoms with Crippen LogP contribution in [0.2, 0.25) is 0 Å². The van der Waals surface area contributed by atoms with Crippen LogP contribution in [0.25, 0.3) is 0 Å². The summed E-state index contributed by atoms with van der Waals surface area (Å²) in [4.78, 5) is 4.50. The van der Waals surface area contributed by atoms with Crippen LogP contribution in [0.1, 0.15) is 39.7 Å². The van der Waals surface area contributed by atoms with Crippen LogP contribution < -0.4 is 10.6 Å². The SMILES string of the molecule is CCNC(=NCC(O)Cc1ccccc1)NCCC(OCC)C(C)C.I. The minimum absolute atomic E-state index is 0. The average molecular weight is 477 g/mol. The standard InChI is InChI=1S/C20H35N3O2.HI/c1-5-21-20(22-13-12-19(16(3)4)25-6-2)23-15-18(24)14-17-10-8-7-9-11-17;/h7-11,16,18-19,24H,5-6,12-15H2,1-4H3,(H2,21,22,23);1H. The Bertz CT molecular complexity index is 483. The van der Waals surface area contributed by atoms with Crippen molar-refractivity contribution in [2.75, 3.05) is 26.2 Å². The Kier molecular flexibility index (Phi) is 14.7. The fraction of sp³-hybridized carbons (Fsp3) is 0.650. The highest BCUT2D eigenvalue weighted by Gasteiger charge is 2.13. The molecule has 1 rings (SSSR count). The molecule has 0 spiro atoms. The molecular formula is C20H36IN3O2. The first-order valence-corrected chi connectivity index (χ1v) is 9.42. The number of aliphatic imine (C=N–C) groups is 1. The summed E-state index contributed by atoms with van der Waals surface area (Å²) in [7, 11) is 0. The maximum atomic E-state index is 10.2. The minimum atomic E-state index is -0.482. The first kappa shape index (κ1) is 25.1. The van der Waals surface area contributed by atoms with Crippen LogP contribution >= 0.6 is 24.0 Å². The summed E-state index contributed by atoms with van der Waals surface area (Å²) in [5.74, 6) is 1.24. The van der Waals surface area contributed by atoms with Gasteiger partial charge in [0.15, 0.2) is 5.96 Å². The van der Waals surface area contributed by atoms with Gasteiger partial charge >= 0.3 is 0 Å². The third kappa shape index (κ3) is 11.0. The van der Waals surface area contributed by atoms with Gasteiger partial charge in [-0.2, -0.15) is 0 Å². The van der Waals surface area contributed by atoms with Crippen molar-refractivity contribution in [3.8, 4) is 0 Å². The number of hydrogen-bond acceptors (Lipinski definition) is 3.